The molecule has 1 aromatic carbocycles. The third-order valence-electron chi connectivity index (χ3n) is 4.71. The van der Waals surface area contributed by atoms with Gasteiger partial charge in [-0.05, 0) is 50.6 Å². The molecule has 0 aliphatic rings. The van der Waals surface area contributed by atoms with Crippen LogP contribution in [0.1, 0.15) is 29.8 Å². The summed E-state index contributed by atoms with van der Waals surface area (Å²) in [6.07, 6.45) is 5.13. The lowest BCUT2D eigenvalue weighted by molar-refractivity contribution is 0.0612. The highest BCUT2D eigenvalue weighted by atomic mass is 16.3. The van der Waals surface area contributed by atoms with Crippen LogP contribution >= 0.6 is 0 Å². The van der Waals surface area contributed by atoms with E-state index in [4.69, 9.17) is 0 Å². The summed E-state index contributed by atoms with van der Waals surface area (Å²) in [6, 6.07) is 9.29. The predicted octanol–water partition coefficient (Wildman–Crippen LogP) is 2.59. The molecule has 0 fully saturated rings. The number of fused-ring (bicyclic) bond motifs is 1. The molecule has 8 nitrogen and oxygen atoms in total. The van der Waals surface area contributed by atoms with E-state index >= 15 is 0 Å². The van der Waals surface area contributed by atoms with Gasteiger partial charge in [-0.1, -0.05) is 6.07 Å². The molecule has 1 amide bonds. The van der Waals surface area contributed by atoms with Gasteiger partial charge < -0.3 is 14.7 Å². The summed E-state index contributed by atoms with van der Waals surface area (Å²) in [4.78, 5) is 24.8. The standard InChI is InChI=1S/C22H24N6O2/c1-14-5-6-19-18(9-14)25-21(28(19)13-22(2,3)30)26-20(29)15-7-8-23-17(10-15)16-11-24-27(4)12-16/h5-12,30H,13H2,1-4H3,(H,25,26,29). The summed E-state index contributed by atoms with van der Waals surface area (Å²) in [5.41, 5.74) is 4.15. The molecule has 0 aliphatic carbocycles. The Bertz CT molecular complexity index is 1300. The summed E-state index contributed by atoms with van der Waals surface area (Å²) in [6.45, 7) is 5.74. The van der Waals surface area contributed by atoms with Crippen molar-refractivity contribution in [3.63, 3.8) is 0 Å². The van der Waals surface area contributed by atoms with Crippen LogP contribution in [-0.4, -0.2) is 40.9 Å². The number of aryl methyl sites for hydroxylation is 2. The summed E-state index contributed by atoms with van der Waals surface area (Å²) in [7, 11) is 1.83. The molecule has 4 rings (SSSR count). The number of rotatable bonds is 4. The van der Waals surface area contributed by atoms with Crippen molar-refractivity contribution >= 4 is 16.9 Å². The predicted molar refractivity (Wildman–Crippen MR) is 114 cm³/mol. The van der Waals surface area contributed by atoms with Gasteiger partial charge in [0.15, 0.2) is 0 Å². The molecule has 0 radical (unpaired) electrons. The highest BCUT2D eigenvalue weighted by Crippen LogP contribution is 2.18. The van der Waals surface area contributed by atoms with Crippen LogP contribution in [0.15, 0.2) is 53.9 Å². The lowest BCUT2D eigenvalue weighted by Crippen LogP contribution is -2.32. The number of aliphatic hydroxyl groups is 1. The molecule has 3 heterocycles. The van der Waals surface area contributed by atoms with Gasteiger partial charge in [0, 0.05) is 30.6 Å². The molecule has 30 heavy (non-hydrogen) atoms. The van der Waals surface area contributed by atoms with Crippen molar-refractivity contribution in [3.8, 4) is 11.3 Å². The fraction of sp³-hybridized carbons (Fsp3) is 0.273. The van der Waals surface area contributed by atoms with Crippen molar-refractivity contribution in [3.05, 3.63) is 65.7 Å². The largest absolute Gasteiger partial charge is 0.389 e. The smallest absolute Gasteiger partial charge is 0.280 e. The van der Waals surface area contributed by atoms with Gasteiger partial charge in [0.2, 0.25) is 5.62 Å². The van der Waals surface area contributed by atoms with Crippen LogP contribution in [0.3, 0.4) is 0 Å². The molecule has 0 atom stereocenters. The zero-order chi connectivity index (χ0) is 21.5. The highest BCUT2D eigenvalue weighted by Gasteiger charge is 2.18. The second kappa shape index (κ2) is 7.38. The zero-order valence-electron chi connectivity index (χ0n) is 17.4. The number of nitrogens with zero attached hydrogens (tertiary/aromatic N) is 5. The lowest BCUT2D eigenvalue weighted by atomic mass is 10.1. The summed E-state index contributed by atoms with van der Waals surface area (Å²) in [5, 5.41) is 14.5. The van der Waals surface area contributed by atoms with E-state index in [0.29, 0.717) is 23.4 Å². The first kappa shape index (κ1) is 19.8. The van der Waals surface area contributed by atoms with Crippen molar-refractivity contribution in [2.45, 2.75) is 32.9 Å². The minimum Gasteiger partial charge on any atom is -0.389 e. The van der Waals surface area contributed by atoms with E-state index in [1.54, 1.807) is 43.1 Å². The molecular weight excluding hydrogens is 380 g/mol. The quantitative estimate of drug-likeness (QED) is 0.546. The van der Waals surface area contributed by atoms with E-state index in [9.17, 15) is 9.90 Å². The Labute approximate surface area is 173 Å². The number of hydrogen-bond acceptors (Lipinski definition) is 4. The van der Waals surface area contributed by atoms with Gasteiger partial charge in [0.05, 0.1) is 35.1 Å². The fourth-order valence-electron chi connectivity index (χ4n) is 3.36. The Morgan fingerprint density at radius 1 is 1.27 bits per heavy atom. The highest BCUT2D eigenvalue weighted by molar-refractivity contribution is 5.95. The molecule has 0 unspecified atom stereocenters. The number of H-pyrrole nitrogens is 1. The first-order chi connectivity index (χ1) is 14.2. The molecule has 154 valence electrons. The second-order valence-corrected chi connectivity index (χ2v) is 8.12. The summed E-state index contributed by atoms with van der Waals surface area (Å²) >= 11 is 0. The van der Waals surface area contributed by atoms with E-state index < -0.39 is 11.5 Å². The van der Waals surface area contributed by atoms with Crippen LogP contribution in [0.4, 0.5) is 0 Å². The second-order valence-electron chi connectivity index (χ2n) is 8.12. The topological polar surface area (TPSA) is 101 Å². The normalized spacial score (nSPS) is 12.6. The molecule has 0 aliphatic heterocycles. The minimum atomic E-state index is -0.970. The van der Waals surface area contributed by atoms with E-state index in [2.05, 4.69) is 20.1 Å². The number of imidazole rings is 1. The van der Waals surface area contributed by atoms with Crippen molar-refractivity contribution in [1.82, 2.24) is 24.3 Å². The molecule has 0 saturated heterocycles. The van der Waals surface area contributed by atoms with Gasteiger partial charge in [-0.15, -0.1) is 0 Å². The van der Waals surface area contributed by atoms with Gasteiger partial charge in [-0.2, -0.15) is 10.1 Å². The van der Waals surface area contributed by atoms with Gasteiger partial charge in [-0.25, -0.2) is 0 Å². The Morgan fingerprint density at radius 3 is 2.77 bits per heavy atom. The Morgan fingerprint density at radius 2 is 2.07 bits per heavy atom. The number of carbonyl (C=O) groups excluding carboxylic acids is 1. The molecule has 3 aromatic heterocycles. The molecule has 8 heteroatoms. The maximum absolute atomic E-state index is 13.0. The third-order valence-corrected chi connectivity index (χ3v) is 4.71. The average molecular weight is 404 g/mol. The summed E-state index contributed by atoms with van der Waals surface area (Å²) in [5.74, 6) is -0.393. The molecule has 4 aromatic rings. The van der Waals surface area contributed by atoms with E-state index in [-0.39, 0.29) is 0 Å². The first-order valence-corrected chi connectivity index (χ1v) is 9.65. The van der Waals surface area contributed by atoms with Crippen LogP contribution in [0, 0.1) is 6.92 Å². The van der Waals surface area contributed by atoms with Crippen molar-refractivity contribution in [2.75, 3.05) is 0 Å². The van der Waals surface area contributed by atoms with Crippen LogP contribution < -0.4 is 5.62 Å². The number of aromatic amines is 1. The fourth-order valence-corrected chi connectivity index (χ4v) is 3.36. The van der Waals surface area contributed by atoms with Gasteiger partial charge >= 0.3 is 0 Å². The van der Waals surface area contributed by atoms with Crippen molar-refractivity contribution < 1.29 is 9.90 Å². The van der Waals surface area contributed by atoms with E-state index in [1.165, 1.54) is 0 Å². The van der Waals surface area contributed by atoms with Crippen molar-refractivity contribution in [2.24, 2.45) is 12.0 Å². The number of hydrogen-bond donors (Lipinski definition) is 2. The minimum absolute atomic E-state index is 0.291. The molecule has 0 spiro atoms. The Kier molecular flexibility index (Phi) is 4.87. The van der Waals surface area contributed by atoms with Crippen LogP contribution in [0.25, 0.3) is 22.3 Å². The third kappa shape index (κ3) is 4.08. The molecule has 0 bridgehead atoms. The van der Waals surface area contributed by atoms with Gasteiger partial charge in [0.25, 0.3) is 5.91 Å². The summed E-state index contributed by atoms with van der Waals surface area (Å²) < 4.78 is 3.51. The van der Waals surface area contributed by atoms with Crippen LogP contribution in [0.2, 0.25) is 0 Å². The average Bonchev–Trinajstić information content (AvgIpc) is 3.24. The Hall–Kier alpha value is -3.52. The van der Waals surface area contributed by atoms with Crippen LogP contribution in [-0.2, 0) is 13.6 Å². The number of nitrogens with one attached hydrogen (secondary N) is 1. The molecule has 0 saturated carbocycles. The maximum atomic E-state index is 13.0. The molecular formula is C22H24N6O2. The Balaban J connectivity index is 1.79. The first-order valence-electron chi connectivity index (χ1n) is 9.65. The molecule has 2 N–H and O–H groups in total. The van der Waals surface area contributed by atoms with Crippen molar-refractivity contribution in [1.29, 1.82) is 0 Å². The van der Waals surface area contributed by atoms with E-state index in [0.717, 1.165) is 22.2 Å². The monoisotopic (exact) mass is 404 g/mol. The zero-order valence-corrected chi connectivity index (χ0v) is 17.4. The number of pyridine rings is 1. The number of carbonyl (C=O) groups is 1. The van der Waals surface area contributed by atoms with Gasteiger partial charge in [0.1, 0.15) is 0 Å². The number of benzene rings is 1. The van der Waals surface area contributed by atoms with Gasteiger partial charge in [-0.3, -0.25) is 14.5 Å². The maximum Gasteiger partial charge on any atom is 0.280 e. The SMILES string of the molecule is Cc1ccc2c(c1)[nH]/c(=N\C(=O)c1ccnc(-c3cnn(C)c3)c1)n2CC(C)(C)O. The lowest BCUT2D eigenvalue weighted by Gasteiger charge is -2.18. The number of aromatic nitrogens is 5. The number of amides is 1. The van der Waals surface area contributed by atoms with E-state index in [1.807, 2.05) is 42.9 Å². The van der Waals surface area contributed by atoms with Crippen LogP contribution in [0.5, 0.6) is 0 Å².